The number of ether oxygens (including phenoxy) is 1. The van der Waals surface area contributed by atoms with Crippen LogP contribution < -0.4 is 4.74 Å². The number of hydrogen-bond donors (Lipinski definition) is 0. The van der Waals surface area contributed by atoms with Gasteiger partial charge in [-0.15, -0.1) is 0 Å². The van der Waals surface area contributed by atoms with Crippen LogP contribution in [0.25, 0.3) is 0 Å². The van der Waals surface area contributed by atoms with Gasteiger partial charge in [0.25, 0.3) is 0 Å². The summed E-state index contributed by atoms with van der Waals surface area (Å²) in [6, 6.07) is 18.0. The molecule has 3 heteroatoms. The van der Waals surface area contributed by atoms with Crippen molar-refractivity contribution in [3.8, 4) is 11.8 Å². The van der Waals surface area contributed by atoms with Crippen LogP contribution in [0.3, 0.4) is 0 Å². The maximum Gasteiger partial charge on any atom is 0.124 e. The first-order valence-electron chi connectivity index (χ1n) is 6.61. The van der Waals surface area contributed by atoms with Crippen molar-refractivity contribution in [3.63, 3.8) is 0 Å². The van der Waals surface area contributed by atoms with Gasteiger partial charge >= 0.3 is 0 Å². The van der Waals surface area contributed by atoms with Crippen LogP contribution in [0, 0.1) is 11.3 Å². The van der Waals surface area contributed by atoms with Gasteiger partial charge in [0.2, 0.25) is 0 Å². The zero-order chi connectivity index (χ0) is 14.0. The number of rotatable bonds is 2. The topological polar surface area (TPSA) is 33.0 Å². The SMILES string of the molecule is N#CC1(Cc2cccc(Cl)c2)CCOc2ccccc21. The number of para-hydroxylation sites is 1. The summed E-state index contributed by atoms with van der Waals surface area (Å²) < 4.78 is 5.66. The van der Waals surface area contributed by atoms with E-state index in [9.17, 15) is 5.26 Å². The third-order valence-corrected chi connectivity index (χ3v) is 4.03. The largest absolute Gasteiger partial charge is 0.493 e. The molecular weight excluding hydrogens is 270 g/mol. The molecule has 2 aromatic rings. The van der Waals surface area contributed by atoms with E-state index in [-0.39, 0.29) is 0 Å². The molecule has 0 N–H and O–H groups in total. The van der Waals surface area contributed by atoms with Crippen molar-refractivity contribution < 1.29 is 4.74 Å². The van der Waals surface area contributed by atoms with Crippen molar-refractivity contribution in [1.82, 2.24) is 0 Å². The first kappa shape index (κ1) is 13.0. The highest BCUT2D eigenvalue weighted by Gasteiger charge is 2.38. The first-order chi connectivity index (χ1) is 9.73. The Kier molecular flexibility index (Phi) is 3.38. The molecule has 0 spiro atoms. The second-order valence-corrected chi connectivity index (χ2v) is 5.53. The fraction of sp³-hybridized carbons (Fsp3) is 0.235. The molecule has 0 bridgehead atoms. The van der Waals surface area contributed by atoms with Crippen molar-refractivity contribution in [3.05, 3.63) is 64.7 Å². The minimum atomic E-state index is -0.528. The Bertz CT molecular complexity index is 677. The monoisotopic (exact) mass is 283 g/mol. The van der Waals surface area contributed by atoms with Gasteiger partial charge < -0.3 is 4.74 Å². The average Bonchev–Trinajstić information content (AvgIpc) is 2.47. The summed E-state index contributed by atoms with van der Waals surface area (Å²) >= 11 is 6.04. The highest BCUT2D eigenvalue weighted by atomic mass is 35.5. The lowest BCUT2D eigenvalue weighted by Gasteiger charge is -2.33. The standard InChI is InChI=1S/C17H14ClNO/c18-14-5-3-4-13(10-14)11-17(12-19)8-9-20-16-7-2-1-6-15(16)17/h1-7,10H,8-9,11H2. The predicted molar refractivity (Wildman–Crippen MR) is 79.0 cm³/mol. The number of hydrogen-bond acceptors (Lipinski definition) is 2. The van der Waals surface area contributed by atoms with Gasteiger partial charge in [0.05, 0.1) is 18.1 Å². The van der Waals surface area contributed by atoms with E-state index >= 15 is 0 Å². The van der Waals surface area contributed by atoms with Gasteiger partial charge in [-0.1, -0.05) is 41.9 Å². The fourth-order valence-corrected chi connectivity index (χ4v) is 3.01. The van der Waals surface area contributed by atoms with Crippen LogP contribution >= 0.6 is 11.6 Å². The van der Waals surface area contributed by atoms with Gasteiger partial charge in [-0.2, -0.15) is 5.26 Å². The summed E-state index contributed by atoms with van der Waals surface area (Å²) in [6.45, 7) is 0.575. The van der Waals surface area contributed by atoms with Crippen molar-refractivity contribution in [1.29, 1.82) is 5.26 Å². The Morgan fingerprint density at radius 2 is 2.05 bits per heavy atom. The Hall–Kier alpha value is -1.98. The lowest BCUT2D eigenvalue weighted by molar-refractivity contribution is 0.241. The van der Waals surface area contributed by atoms with E-state index in [1.54, 1.807) is 0 Å². The second kappa shape index (κ2) is 5.19. The molecule has 1 aliphatic heterocycles. The van der Waals surface area contributed by atoms with Crippen LogP contribution in [-0.2, 0) is 11.8 Å². The number of benzene rings is 2. The number of halogens is 1. The third-order valence-electron chi connectivity index (χ3n) is 3.80. The summed E-state index contributed by atoms with van der Waals surface area (Å²) in [5, 5.41) is 10.5. The van der Waals surface area contributed by atoms with E-state index in [4.69, 9.17) is 16.3 Å². The summed E-state index contributed by atoms with van der Waals surface area (Å²) in [5.74, 6) is 0.822. The molecule has 1 aliphatic rings. The Morgan fingerprint density at radius 1 is 1.20 bits per heavy atom. The molecule has 0 fully saturated rings. The number of fused-ring (bicyclic) bond motifs is 1. The van der Waals surface area contributed by atoms with Crippen LogP contribution in [0.4, 0.5) is 0 Å². The molecule has 0 aliphatic carbocycles. The van der Waals surface area contributed by atoms with Gasteiger partial charge in [-0.3, -0.25) is 0 Å². The van der Waals surface area contributed by atoms with Crippen LogP contribution in [-0.4, -0.2) is 6.61 Å². The maximum absolute atomic E-state index is 9.78. The van der Waals surface area contributed by atoms with E-state index in [0.717, 1.165) is 16.9 Å². The Balaban J connectivity index is 2.03. The minimum Gasteiger partial charge on any atom is -0.493 e. The molecule has 1 unspecified atom stereocenters. The summed E-state index contributed by atoms with van der Waals surface area (Å²) in [6.07, 6.45) is 1.36. The Morgan fingerprint density at radius 3 is 2.85 bits per heavy atom. The molecular formula is C17H14ClNO. The van der Waals surface area contributed by atoms with Crippen molar-refractivity contribution >= 4 is 11.6 Å². The molecule has 3 rings (SSSR count). The summed E-state index contributed by atoms with van der Waals surface area (Å²) in [7, 11) is 0. The fourth-order valence-electron chi connectivity index (χ4n) is 2.79. The van der Waals surface area contributed by atoms with Gasteiger partial charge in [0.1, 0.15) is 5.75 Å². The maximum atomic E-state index is 9.78. The zero-order valence-corrected chi connectivity index (χ0v) is 11.7. The smallest absolute Gasteiger partial charge is 0.124 e. The molecule has 1 atom stereocenters. The number of nitrogens with zero attached hydrogens (tertiary/aromatic N) is 1. The van der Waals surface area contributed by atoms with Crippen molar-refractivity contribution in [2.24, 2.45) is 0 Å². The molecule has 0 amide bonds. The van der Waals surface area contributed by atoms with Gasteiger partial charge in [0.15, 0.2) is 0 Å². The summed E-state index contributed by atoms with van der Waals surface area (Å²) in [5.41, 5.74) is 1.53. The number of nitriles is 1. The average molecular weight is 284 g/mol. The molecule has 1 heterocycles. The van der Waals surface area contributed by atoms with E-state index in [1.165, 1.54) is 0 Å². The lowest BCUT2D eigenvalue weighted by Crippen LogP contribution is -2.33. The third kappa shape index (κ3) is 2.26. The van der Waals surface area contributed by atoms with E-state index < -0.39 is 5.41 Å². The van der Waals surface area contributed by atoms with Crippen LogP contribution in [0.1, 0.15) is 17.5 Å². The van der Waals surface area contributed by atoms with Crippen molar-refractivity contribution in [2.75, 3.05) is 6.61 Å². The minimum absolute atomic E-state index is 0.528. The zero-order valence-electron chi connectivity index (χ0n) is 11.0. The summed E-state index contributed by atoms with van der Waals surface area (Å²) in [4.78, 5) is 0. The van der Waals surface area contributed by atoms with Crippen molar-refractivity contribution in [2.45, 2.75) is 18.3 Å². The van der Waals surface area contributed by atoms with Gasteiger partial charge in [0, 0.05) is 17.0 Å². The van der Waals surface area contributed by atoms with Gasteiger partial charge in [-0.05, 0) is 30.2 Å². The predicted octanol–water partition coefficient (Wildman–Crippen LogP) is 4.13. The van der Waals surface area contributed by atoms with E-state index in [0.29, 0.717) is 24.5 Å². The highest BCUT2D eigenvalue weighted by molar-refractivity contribution is 6.30. The van der Waals surface area contributed by atoms with E-state index in [2.05, 4.69) is 6.07 Å². The van der Waals surface area contributed by atoms with Gasteiger partial charge in [-0.25, -0.2) is 0 Å². The van der Waals surface area contributed by atoms with Crippen LogP contribution in [0.5, 0.6) is 5.75 Å². The molecule has 0 aromatic heterocycles. The van der Waals surface area contributed by atoms with E-state index in [1.807, 2.05) is 48.5 Å². The molecule has 2 aromatic carbocycles. The first-order valence-corrected chi connectivity index (χ1v) is 6.99. The molecule has 20 heavy (non-hydrogen) atoms. The van der Waals surface area contributed by atoms with Crippen LogP contribution in [0.2, 0.25) is 5.02 Å². The molecule has 0 radical (unpaired) electrons. The highest BCUT2D eigenvalue weighted by Crippen LogP contribution is 2.40. The molecule has 0 saturated carbocycles. The second-order valence-electron chi connectivity index (χ2n) is 5.10. The molecule has 2 nitrogen and oxygen atoms in total. The van der Waals surface area contributed by atoms with Crippen LogP contribution in [0.15, 0.2) is 48.5 Å². The molecule has 100 valence electrons. The quantitative estimate of drug-likeness (QED) is 0.830. The Labute approximate surface area is 123 Å². The lowest BCUT2D eigenvalue weighted by atomic mass is 9.73. The molecule has 0 saturated heterocycles. The normalized spacial score (nSPS) is 20.6.